The lowest BCUT2D eigenvalue weighted by atomic mass is 10.1. The van der Waals surface area contributed by atoms with Crippen LogP contribution in [0, 0.1) is 6.92 Å². The van der Waals surface area contributed by atoms with Crippen LogP contribution in [0.4, 0.5) is 0 Å². The third-order valence-corrected chi connectivity index (χ3v) is 4.00. The maximum absolute atomic E-state index is 12.4. The van der Waals surface area contributed by atoms with E-state index < -0.39 is 0 Å². The highest BCUT2D eigenvalue weighted by Crippen LogP contribution is 2.20. The first-order valence-electron chi connectivity index (χ1n) is 8.77. The molecule has 136 valence electrons. The monoisotopic (exact) mass is 351 g/mol. The Morgan fingerprint density at radius 3 is 2.54 bits per heavy atom. The van der Waals surface area contributed by atoms with Gasteiger partial charge >= 0.3 is 0 Å². The molecule has 0 saturated carbocycles. The highest BCUT2D eigenvalue weighted by atomic mass is 16.5. The Morgan fingerprint density at radius 1 is 1.12 bits per heavy atom. The first-order valence-corrected chi connectivity index (χ1v) is 8.77. The van der Waals surface area contributed by atoms with Crippen molar-refractivity contribution in [2.24, 2.45) is 0 Å². The van der Waals surface area contributed by atoms with Crippen LogP contribution >= 0.6 is 0 Å². The number of nitrogens with zero attached hydrogens (tertiary/aromatic N) is 2. The normalized spacial score (nSPS) is 11.5. The second-order valence-corrected chi connectivity index (χ2v) is 7.46. The van der Waals surface area contributed by atoms with Crippen molar-refractivity contribution in [3.8, 4) is 5.75 Å². The molecule has 26 heavy (non-hydrogen) atoms. The summed E-state index contributed by atoms with van der Waals surface area (Å²) in [5, 5.41) is 3.00. The molecule has 2 aromatic carbocycles. The summed E-state index contributed by atoms with van der Waals surface area (Å²) in [5.41, 5.74) is 2.59. The van der Waals surface area contributed by atoms with E-state index in [1.807, 2.05) is 80.8 Å². The summed E-state index contributed by atoms with van der Waals surface area (Å²) in [6.45, 7) is 8.44. The Kier molecular flexibility index (Phi) is 4.98. The first-order chi connectivity index (χ1) is 12.3. The van der Waals surface area contributed by atoms with Crippen LogP contribution in [0.15, 0.2) is 48.5 Å². The Hall–Kier alpha value is -2.82. The highest BCUT2D eigenvalue weighted by Gasteiger charge is 2.18. The zero-order valence-electron chi connectivity index (χ0n) is 15.7. The standard InChI is InChI=1S/C21H25N3O2/c1-15-9-5-8-12-18(15)26-14-19-22-16-10-6-7-11-17(16)24(19)13-20(25)23-21(2,3)4/h5-12H,13-14H2,1-4H3,(H,23,25). The molecule has 3 rings (SSSR count). The van der Waals surface area contributed by atoms with Gasteiger partial charge in [-0.15, -0.1) is 0 Å². The number of hydrogen-bond donors (Lipinski definition) is 1. The molecule has 1 heterocycles. The summed E-state index contributed by atoms with van der Waals surface area (Å²) in [6, 6.07) is 15.7. The number of aryl methyl sites for hydroxylation is 1. The fourth-order valence-electron chi connectivity index (χ4n) is 2.87. The van der Waals surface area contributed by atoms with Crippen molar-refractivity contribution in [1.29, 1.82) is 0 Å². The van der Waals surface area contributed by atoms with Gasteiger partial charge < -0.3 is 14.6 Å². The van der Waals surface area contributed by atoms with E-state index in [1.165, 1.54) is 0 Å². The molecule has 0 aliphatic heterocycles. The Balaban J connectivity index is 1.87. The molecule has 0 fully saturated rings. The molecule has 0 saturated heterocycles. The number of rotatable bonds is 5. The van der Waals surface area contributed by atoms with Crippen LogP contribution in [-0.4, -0.2) is 21.0 Å². The fourth-order valence-corrected chi connectivity index (χ4v) is 2.87. The number of imidazole rings is 1. The summed E-state index contributed by atoms with van der Waals surface area (Å²) in [6.07, 6.45) is 0. The number of hydrogen-bond acceptors (Lipinski definition) is 3. The molecule has 5 nitrogen and oxygen atoms in total. The van der Waals surface area contributed by atoms with E-state index in [2.05, 4.69) is 10.3 Å². The SMILES string of the molecule is Cc1ccccc1OCc1nc2ccccc2n1CC(=O)NC(C)(C)C. The van der Waals surface area contributed by atoms with Crippen molar-refractivity contribution in [1.82, 2.24) is 14.9 Å². The van der Waals surface area contributed by atoms with Crippen LogP contribution in [0.1, 0.15) is 32.2 Å². The summed E-state index contributed by atoms with van der Waals surface area (Å²) < 4.78 is 7.89. The minimum absolute atomic E-state index is 0.0437. The van der Waals surface area contributed by atoms with Crippen LogP contribution in [0.3, 0.4) is 0 Å². The van der Waals surface area contributed by atoms with Crippen LogP contribution in [-0.2, 0) is 17.9 Å². The highest BCUT2D eigenvalue weighted by molar-refractivity contribution is 5.81. The van der Waals surface area contributed by atoms with Gasteiger partial charge in [0.1, 0.15) is 24.7 Å². The van der Waals surface area contributed by atoms with Crippen molar-refractivity contribution in [3.63, 3.8) is 0 Å². The summed E-state index contributed by atoms with van der Waals surface area (Å²) in [4.78, 5) is 17.1. The van der Waals surface area contributed by atoms with Crippen molar-refractivity contribution < 1.29 is 9.53 Å². The van der Waals surface area contributed by atoms with E-state index in [9.17, 15) is 4.79 Å². The Bertz CT molecular complexity index is 922. The van der Waals surface area contributed by atoms with E-state index in [0.717, 1.165) is 28.2 Å². The molecule has 0 bridgehead atoms. The third-order valence-electron chi connectivity index (χ3n) is 4.00. The van der Waals surface area contributed by atoms with E-state index in [0.29, 0.717) is 6.61 Å². The van der Waals surface area contributed by atoms with Crippen molar-refractivity contribution >= 4 is 16.9 Å². The number of para-hydroxylation sites is 3. The topological polar surface area (TPSA) is 56.2 Å². The average molecular weight is 351 g/mol. The number of carbonyl (C=O) groups is 1. The van der Waals surface area contributed by atoms with Crippen LogP contribution in [0.25, 0.3) is 11.0 Å². The van der Waals surface area contributed by atoms with Gasteiger partial charge in [-0.25, -0.2) is 4.98 Å². The molecule has 1 N–H and O–H groups in total. The molecule has 1 amide bonds. The Morgan fingerprint density at radius 2 is 1.81 bits per heavy atom. The first kappa shape index (κ1) is 18.0. The predicted molar refractivity (Wildman–Crippen MR) is 103 cm³/mol. The maximum atomic E-state index is 12.4. The second-order valence-electron chi connectivity index (χ2n) is 7.46. The molecule has 0 spiro atoms. The van der Waals surface area contributed by atoms with Crippen LogP contribution in [0.2, 0.25) is 0 Å². The van der Waals surface area contributed by atoms with Gasteiger partial charge in [0.25, 0.3) is 0 Å². The molecular formula is C21H25N3O2. The fraction of sp³-hybridized carbons (Fsp3) is 0.333. The molecule has 0 radical (unpaired) electrons. The zero-order chi connectivity index (χ0) is 18.7. The van der Waals surface area contributed by atoms with Crippen molar-refractivity contribution in [2.75, 3.05) is 0 Å². The molecule has 0 aliphatic carbocycles. The lowest BCUT2D eigenvalue weighted by molar-refractivity contribution is -0.123. The summed E-state index contributed by atoms with van der Waals surface area (Å²) in [5.74, 6) is 1.52. The average Bonchev–Trinajstić information content (AvgIpc) is 2.90. The summed E-state index contributed by atoms with van der Waals surface area (Å²) >= 11 is 0. The van der Waals surface area contributed by atoms with Gasteiger partial charge in [0.05, 0.1) is 11.0 Å². The van der Waals surface area contributed by atoms with E-state index in [-0.39, 0.29) is 18.0 Å². The van der Waals surface area contributed by atoms with E-state index in [4.69, 9.17) is 4.74 Å². The number of fused-ring (bicyclic) bond motifs is 1. The minimum atomic E-state index is -0.273. The number of amides is 1. The number of aromatic nitrogens is 2. The maximum Gasteiger partial charge on any atom is 0.240 e. The number of benzene rings is 2. The van der Waals surface area contributed by atoms with Gasteiger partial charge in [-0.1, -0.05) is 30.3 Å². The zero-order valence-corrected chi connectivity index (χ0v) is 15.7. The van der Waals surface area contributed by atoms with Gasteiger partial charge in [-0.05, 0) is 51.5 Å². The van der Waals surface area contributed by atoms with Gasteiger partial charge in [-0.3, -0.25) is 4.79 Å². The van der Waals surface area contributed by atoms with Crippen LogP contribution in [0.5, 0.6) is 5.75 Å². The lowest BCUT2D eigenvalue weighted by Crippen LogP contribution is -2.42. The molecule has 3 aromatic rings. The molecule has 5 heteroatoms. The van der Waals surface area contributed by atoms with E-state index in [1.54, 1.807) is 0 Å². The van der Waals surface area contributed by atoms with Gasteiger partial charge in [0, 0.05) is 5.54 Å². The Labute approximate surface area is 154 Å². The lowest BCUT2D eigenvalue weighted by Gasteiger charge is -2.21. The second kappa shape index (κ2) is 7.20. The summed E-state index contributed by atoms with van der Waals surface area (Å²) in [7, 11) is 0. The molecule has 0 atom stereocenters. The molecule has 1 aromatic heterocycles. The van der Waals surface area contributed by atoms with Gasteiger partial charge in [-0.2, -0.15) is 0 Å². The largest absolute Gasteiger partial charge is 0.485 e. The molecule has 0 aliphatic rings. The number of nitrogens with one attached hydrogen (secondary N) is 1. The third kappa shape index (κ3) is 4.23. The van der Waals surface area contributed by atoms with Gasteiger partial charge in [0.2, 0.25) is 5.91 Å². The number of carbonyl (C=O) groups excluding carboxylic acids is 1. The van der Waals surface area contributed by atoms with Crippen molar-refractivity contribution in [3.05, 3.63) is 59.9 Å². The minimum Gasteiger partial charge on any atom is -0.485 e. The van der Waals surface area contributed by atoms with Crippen molar-refractivity contribution in [2.45, 2.75) is 46.4 Å². The molecule has 0 unspecified atom stereocenters. The quantitative estimate of drug-likeness (QED) is 0.760. The van der Waals surface area contributed by atoms with E-state index >= 15 is 0 Å². The molecular weight excluding hydrogens is 326 g/mol. The number of ether oxygens (including phenoxy) is 1. The van der Waals surface area contributed by atoms with Crippen LogP contribution < -0.4 is 10.1 Å². The predicted octanol–water partition coefficient (Wildman–Crippen LogP) is 3.84. The smallest absolute Gasteiger partial charge is 0.240 e. The van der Waals surface area contributed by atoms with Gasteiger partial charge in [0.15, 0.2) is 0 Å².